The van der Waals surface area contributed by atoms with E-state index in [2.05, 4.69) is 15.1 Å². The number of rotatable bonds is 2. The number of aromatic amines is 1. The molecule has 18 heavy (non-hydrogen) atoms. The number of nitrogens with one attached hydrogen (secondary N) is 1. The number of hydrogen-bond acceptors (Lipinski definition) is 4. The Balaban J connectivity index is 2.69. The molecular weight excluding hydrogens is 232 g/mol. The zero-order chi connectivity index (χ0) is 13.4. The second-order valence-corrected chi connectivity index (χ2v) is 4.24. The van der Waals surface area contributed by atoms with E-state index in [9.17, 15) is 9.90 Å². The molecule has 0 aromatic carbocycles. The van der Waals surface area contributed by atoms with Gasteiger partial charge in [0.25, 0.3) is 5.56 Å². The van der Waals surface area contributed by atoms with Crippen LogP contribution in [0.25, 0.3) is 11.4 Å². The third-order valence-corrected chi connectivity index (χ3v) is 3.09. The van der Waals surface area contributed by atoms with Crippen molar-refractivity contribution in [3.8, 4) is 17.3 Å². The van der Waals surface area contributed by atoms with Crippen LogP contribution in [0.4, 0.5) is 0 Å². The standard InChI is InChI=1S/C12H16N4O2/c1-5-8-11(17)13-10(14-12(8)18)9-6(2)15-16(4)7(9)3/h5H2,1-4H3,(H2,13,14,17,18). The summed E-state index contributed by atoms with van der Waals surface area (Å²) in [4.78, 5) is 18.6. The van der Waals surface area contributed by atoms with Crippen LogP contribution in [0, 0.1) is 13.8 Å². The lowest BCUT2D eigenvalue weighted by Gasteiger charge is -2.05. The van der Waals surface area contributed by atoms with Gasteiger partial charge >= 0.3 is 0 Å². The van der Waals surface area contributed by atoms with Gasteiger partial charge in [0.15, 0.2) is 0 Å². The van der Waals surface area contributed by atoms with E-state index in [0.717, 1.165) is 17.0 Å². The molecule has 0 saturated carbocycles. The van der Waals surface area contributed by atoms with Gasteiger partial charge < -0.3 is 10.1 Å². The summed E-state index contributed by atoms with van der Waals surface area (Å²) in [5, 5.41) is 14.0. The van der Waals surface area contributed by atoms with Crippen LogP contribution in [-0.4, -0.2) is 24.9 Å². The van der Waals surface area contributed by atoms with Crippen LogP contribution in [0.15, 0.2) is 4.79 Å². The van der Waals surface area contributed by atoms with E-state index in [1.165, 1.54) is 0 Å². The number of H-pyrrole nitrogens is 1. The molecule has 0 fully saturated rings. The summed E-state index contributed by atoms with van der Waals surface area (Å²) < 4.78 is 1.72. The molecule has 6 heteroatoms. The second-order valence-electron chi connectivity index (χ2n) is 4.24. The Labute approximate surface area is 104 Å². The molecule has 2 aromatic heterocycles. The van der Waals surface area contributed by atoms with Crippen molar-refractivity contribution in [3.05, 3.63) is 27.3 Å². The SMILES string of the molecule is CCc1c(O)nc(-c2c(C)nn(C)c2C)[nH]c1=O. The summed E-state index contributed by atoms with van der Waals surface area (Å²) in [5.41, 5.74) is 2.41. The van der Waals surface area contributed by atoms with E-state index in [0.29, 0.717) is 17.8 Å². The Bertz CT molecular complexity index is 655. The van der Waals surface area contributed by atoms with Crippen molar-refractivity contribution in [2.24, 2.45) is 7.05 Å². The summed E-state index contributed by atoms with van der Waals surface area (Å²) >= 11 is 0. The van der Waals surface area contributed by atoms with E-state index in [1.54, 1.807) is 11.6 Å². The summed E-state index contributed by atoms with van der Waals surface area (Å²) in [5.74, 6) is 0.150. The average Bonchev–Trinajstić information content (AvgIpc) is 2.52. The van der Waals surface area contributed by atoms with E-state index in [-0.39, 0.29) is 11.4 Å². The summed E-state index contributed by atoms with van der Waals surface area (Å²) in [6.07, 6.45) is 0.444. The fourth-order valence-corrected chi connectivity index (χ4v) is 2.04. The van der Waals surface area contributed by atoms with Crippen molar-refractivity contribution in [3.63, 3.8) is 0 Å². The molecule has 0 aliphatic heterocycles. The predicted octanol–water partition coefficient (Wildman–Crippen LogP) is 1.06. The first kappa shape index (κ1) is 12.3. The van der Waals surface area contributed by atoms with Gasteiger partial charge in [-0.25, -0.2) is 0 Å². The molecule has 0 aliphatic carbocycles. The van der Waals surface area contributed by atoms with Gasteiger partial charge in [-0.2, -0.15) is 10.1 Å². The van der Waals surface area contributed by atoms with E-state index in [4.69, 9.17) is 0 Å². The van der Waals surface area contributed by atoms with Crippen LogP contribution in [0.3, 0.4) is 0 Å². The molecule has 0 atom stereocenters. The van der Waals surface area contributed by atoms with Crippen LogP contribution in [0.1, 0.15) is 23.9 Å². The number of nitrogens with zero attached hydrogens (tertiary/aromatic N) is 3. The number of aromatic hydroxyl groups is 1. The highest BCUT2D eigenvalue weighted by Crippen LogP contribution is 2.24. The summed E-state index contributed by atoms with van der Waals surface area (Å²) in [6.45, 7) is 5.53. The molecule has 2 heterocycles. The molecule has 0 saturated heterocycles. The number of aromatic nitrogens is 4. The van der Waals surface area contributed by atoms with Gasteiger partial charge in [0, 0.05) is 12.7 Å². The smallest absolute Gasteiger partial charge is 0.258 e. The van der Waals surface area contributed by atoms with Gasteiger partial charge in [0.2, 0.25) is 5.88 Å². The third-order valence-electron chi connectivity index (χ3n) is 3.09. The normalized spacial score (nSPS) is 10.9. The Morgan fingerprint density at radius 3 is 2.50 bits per heavy atom. The Morgan fingerprint density at radius 1 is 1.39 bits per heavy atom. The van der Waals surface area contributed by atoms with Crippen LogP contribution in [0.5, 0.6) is 5.88 Å². The molecule has 6 nitrogen and oxygen atoms in total. The van der Waals surface area contributed by atoms with Crippen molar-refractivity contribution in [2.45, 2.75) is 27.2 Å². The molecule has 0 aliphatic rings. The average molecular weight is 248 g/mol. The van der Waals surface area contributed by atoms with Crippen molar-refractivity contribution < 1.29 is 5.11 Å². The fraction of sp³-hybridized carbons (Fsp3) is 0.417. The molecule has 96 valence electrons. The molecule has 0 unspecified atom stereocenters. The van der Waals surface area contributed by atoms with Crippen molar-refractivity contribution in [2.75, 3.05) is 0 Å². The molecule has 2 rings (SSSR count). The lowest BCUT2D eigenvalue weighted by molar-refractivity contribution is 0.444. The Kier molecular flexibility index (Phi) is 2.94. The molecule has 0 amide bonds. The number of hydrogen-bond donors (Lipinski definition) is 2. The van der Waals surface area contributed by atoms with Gasteiger partial charge in [-0.15, -0.1) is 0 Å². The van der Waals surface area contributed by atoms with E-state index < -0.39 is 0 Å². The molecule has 2 aromatic rings. The zero-order valence-electron chi connectivity index (χ0n) is 10.9. The van der Waals surface area contributed by atoms with Gasteiger partial charge in [0.05, 0.1) is 16.8 Å². The highest BCUT2D eigenvalue weighted by molar-refractivity contribution is 5.61. The first-order chi connectivity index (χ1) is 8.45. The first-order valence-electron chi connectivity index (χ1n) is 5.78. The van der Waals surface area contributed by atoms with E-state index in [1.807, 2.05) is 20.9 Å². The molecular formula is C12H16N4O2. The maximum absolute atomic E-state index is 11.8. The predicted molar refractivity (Wildman–Crippen MR) is 67.6 cm³/mol. The minimum atomic E-state index is -0.303. The zero-order valence-corrected chi connectivity index (χ0v) is 10.9. The molecule has 0 radical (unpaired) electrons. The minimum Gasteiger partial charge on any atom is -0.493 e. The summed E-state index contributed by atoms with van der Waals surface area (Å²) in [7, 11) is 1.82. The second kappa shape index (κ2) is 4.29. The number of aryl methyl sites for hydroxylation is 2. The summed E-state index contributed by atoms with van der Waals surface area (Å²) in [6, 6.07) is 0. The highest BCUT2D eigenvalue weighted by Gasteiger charge is 2.16. The quantitative estimate of drug-likeness (QED) is 0.832. The van der Waals surface area contributed by atoms with Gasteiger partial charge in [-0.1, -0.05) is 6.92 Å². The van der Waals surface area contributed by atoms with Crippen LogP contribution < -0.4 is 5.56 Å². The van der Waals surface area contributed by atoms with Crippen molar-refractivity contribution in [1.82, 2.24) is 19.7 Å². The minimum absolute atomic E-state index is 0.209. The van der Waals surface area contributed by atoms with Crippen molar-refractivity contribution >= 4 is 0 Å². The largest absolute Gasteiger partial charge is 0.493 e. The van der Waals surface area contributed by atoms with Crippen LogP contribution >= 0.6 is 0 Å². The fourth-order valence-electron chi connectivity index (χ4n) is 2.04. The van der Waals surface area contributed by atoms with Crippen LogP contribution in [-0.2, 0) is 13.5 Å². The monoisotopic (exact) mass is 248 g/mol. The first-order valence-corrected chi connectivity index (χ1v) is 5.78. The maximum Gasteiger partial charge on any atom is 0.258 e. The van der Waals surface area contributed by atoms with Gasteiger partial charge in [-0.05, 0) is 20.3 Å². The Hall–Kier alpha value is -2.11. The molecule has 0 spiro atoms. The lowest BCUT2D eigenvalue weighted by Crippen LogP contribution is -2.14. The van der Waals surface area contributed by atoms with Gasteiger partial charge in [0.1, 0.15) is 5.82 Å². The topological polar surface area (TPSA) is 83.8 Å². The third kappa shape index (κ3) is 1.79. The van der Waals surface area contributed by atoms with E-state index >= 15 is 0 Å². The van der Waals surface area contributed by atoms with Crippen LogP contribution in [0.2, 0.25) is 0 Å². The molecule has 0 bridgehead atoms. The Morgan fingerprint density at radius 2 is 2.06 bits per heavy atom. The van der Waals surface area contributed by atoms with Gasteiger partial charge in [-0.3, -0.25) is 9.48 Å². The van der Waals surface area contributed by atoms with Crippen molar-refractivity contribution in [1.29, 1.82) is 0 Å². The maximum atomic E-state index is 11.8. The molecule has 2 N–H and O–H groups in total. The highest BCUT2D eigenvalue weighted by atomic mass is 16.3. The lowest BCUT2D eigenvalue weighted by atomic mass is 10.1.